The molecule has 6 nitrogen and oxygen atoms in total. The third-order valence-electron chi connectivity index (χ3n) is 3.20. The monoisotopic (exact) mass is 275 g/mol. The van der Waals surface area contributed by atoms with Crippen molar-refractivity contribution >= 4 is 5.69 Å². The zero-order valence-corrected chi connectivity index (χ0v) is 11.3. The molecule has 1 aromatic carbocycles. The van der Waals surface area contributed by atoms with Crippen LogP contribution in [0, 0.1) is 28.4 Å². The fourth-order valence-electron chi connectivity index (χ4n) is 1.92. The minimum absolute atomic E-state index is 0.0557. The van der Waals surface area contributed by atoms with Crippen LogP contribution in [0.15, 0.2) is 18.2 Å². The molecule has 1 atom stereocenters. The number of hydrogen-bond donors (Lipinski definition) is 1. The van der Waals surface area contributed by atoms with E-state index in [1.165, 1.54) is 12.1 Å². The normalized spacial score (nSPS) is 15.4. The van der Waals surface area contributed by atoms with Gasteiger partial charge in [0.05, 0.1) is 23.6 Å². The quantitative estimate of drug-likeness (QED) is 0.609. The Morgan fingerprint density at radius 1 is 1.60 bits per heavy atom. The van der Waals surface area contributed by atoms with Crippen molar-refractivity contribution in [2.24, 2.45) is 0 Å². The van der Waals surface area contributed by atoms with Crippen molar-refractivity contribution in [1.29, 1.82) is 5.26 Å². The number of nitriles is 1. The van der Waals surface area contributed by atoms with Crippen molar-refractivity contribution in [3.05, 3.63) is 33.9 Å². The van der Waals surface area contributed by atoms with Gasteiger partial charge in [-0.1, -0.05) is 0 Å². The van der Waals surface area contributed by atoms with Gasteiger partial charge in [0.15, 0.2) is 0 Å². The lowest BCUT2D eigenvalue weighted by molar-refractivity contribution is -0.384. The van der Waals surface area contributed by atoms with Gasteiger partial charge in [-0.3, -0.25) is 15.4 Å². The summed E-state index contributed by atoms with van der Waals surface area (Å²) in [5.41, 5.74) is 0.781. The zero-order valence-electron chi connectivity index (χ0n) is 11.3. The van der Waals surface area contributed by atoms with E-state index < -0.39 is 4.92 Å². The molecule has 0 aromatic heterocycles. The predicted octanol–water partition coefficient (Wildman–Crippen LogP) is 2.32. The number of hydrogen-bond acceptors (Lipinski definition) is 5. The number of nitro groups is 1. The molecule has 0 heterocycles. The molecule has 1 fully saturated rings. The molecule has 20 heavy (non-hydrogen) atoms. The molecule has 0 bridgehead atoms. The van der Waals surface area contributed by atoms with Gasteiger partial charge < -0.3 is 4.74 Å². The first kappa shape index (κ1) is 14.3. The molecule has 106 valence electrons. The van der Waals surface area contributed by atoms with Crippen LogP contribution < -0.4 is 10.1 Å². The first-order valence-corrected chi connectivity index (χ1v) is 6.63. The van der Waals surface area contributed by atoms with E-state index in [9.17, 15) is 10.1 Å². The number of non-ortho nitro benzene ring substituents is 1. The third kappa shape index (κ3) is 3.93. The number of ether oxygens (including phenoxy) is 1. The molecule has 1 saturated carbocycles. The van der Waals surface area contributed by atoms with Crippen molar-refractivity contribution < 1.29 is 9.66 Å². The SMILES string of the molecule is Cc1cc([N+](=O)[O-])ccc1OCCC(C#N)NC1CC1. The Morgan fingerprint density at radius 2 is 2.35 bits per heavy atom. The average molecular weight is 275 g/mol. The van der Waals surface area contributed by atoms with E-state index in [4.69, 9.17) is 10.00 Å². The van der Waals surface area contributed by atoms with Crippen molar-refractivity contribution in [1.82, 2.24) is 5.32 Å². The van der Waals surface area contributed by atoms with Crippen LogP contribution in [0.25, 0.3) is 0 Å². The number of benzene rings is 1. The van der Waals surface area contributed by atoms with Gasteiger partial charge >= 0.3 is 0 Å². The number of nitro benzene ring substituents is 1. The predicted molar refractivity (Wildman–Crippen MR) is 73.5 cm³/mol. The van der Waals surface area contributed by atoms with Gasteiger partial charge in [-0.05, 0) is 31.4 Å². The van der Waals surface area contributed by atoms with E-state index >= 15 is 0 Å². The van der Waals surface area contributed by atoms with Crippen LogP contribution in [0.2, 0.25) is 0 Å². The number of rotatable bonds is 7. The van der Waals surface area contributed by atoms with Crippen LogP contribution in [-0.2, 0) is 0 Å². The number of nitrogens with one attached hydrogen (secondary N) is 1. The smallest absolute Gasteiger partial charge is 0.269 e. The van der Waals surface area contributed by atoms with E-state index in [1.54, 1.807) is 13.0 Å². The fraction of sp³-hybridized carbons (Fsp3) is 0.500. The van der Waals surface area contributed by atoms with E-state index in [0.29, 0.717) is 24.8 Å². The molecule has 2 rings (SSSR count). The molecule has 0 saturated heterocycles. The molecule has 1 N–H and O–H groups in total. The second-order valence-electron chi connectivity index (χ2n) is 4.97. The summed E-state index contributed by atoms with van der Waals surface area (Å²) in [4.78, 5) is 10.2. The van der Waals surface area contributed by atoms with E-state index in [0.717, 1.165) is 18.4 Å². The van der Waals surface area contributed by atoms with Gasteiger partial charge in [0.1, 0.15) is 5.75 Å². The van der Waals surface area contributed by atoms with Gasteiger partial charge in [-0.25, -0.2) is 0 Å². The van der Waals surface area contributed by atoms with Crippen LogP contribution in [0.1, 0.15) is 24.8 Å². The van der Waals surface area contributed by atoms with Crippen molar-refractivity contribution in [3.8, 4) is 11.8 Å². The van der Waals surface area contributed by atoms with Gasteiger partial charge in [-0.2, -0.15) is 5.26 Å². The summed E-state index contributed by atoms with van der Waals surface area (Å²) in [7, 11) is 0. The van der Waals surface area contributed by atoms with Crippen LogP contribution in [0.4, 0.5) is 5.69 Å². The summed E-state index contributed by atoms with van der Waals surface area (Å²) in [5.74, 6) is 0.624. The molecule has 1 unspecified atom stereocenters. The molecule has 0 amide bonds. The van der Waals surface area contributed by atoms with Crippen LogP contribution in [0.5, 0.6) is 5.75 Å². The Morgan fingerprint density at radius 3 is 2.90 bits per heavy atom. The zero-order chi connectivity index (χ0) is 14.5. The largest absolute Gasteiger partial charge is 0.493 e. The number of nitrogens with zero attached hydrogens (tertiary/aromatic N) is 2. The molecule has 0 aliphatic heterocycles. The Kier molecular flexibility index (Phi) is 4.53. The van der Waals surface area contributed by atoms with Crippen molar-refractivity contribution in [2.45, 2.75) is 38.3 Å². The van der Waals surface area contributed by atoms with E-state index in [1.807, 2.05) is 0 Å². The summed E-state index contributed by atoms with van der Waals surface area (Å²) in [5, 5.41) is 22.9. The Bertz CT molecular complexity index is 535. The fourth-order valence-corrected chi connectivity index (χ4v) is 1.92. The highest BCUT2D eigenvalue weighted by atomic mass is 16.6. The first-order chi connectivity index (χ1) is 9.60. The van der Waals surface area contributed by atoms with Crippen molar-refractivity contribution in [2.75, 3.05) is 6.61 Å². The third-order valence-corrected chi connectivity index (χ3v) is 3.20. The van der Waals surface area contributed by atoms with Crippen LogP contribution in [0.3, 0.4) is 0 Å². The Balaban J connectivity index is 1.84. The molecular formula is C14H17N3O3. The summed E-state index contributed by atoms with van der Waals surface area (Å²) >= 11 is 0. The maximum absolute atomic E-state index is 10.6. The highest BCUT2D eigenvalue weighted by Crippen LogP contribution is 2.23. The van der Waals surface area contributed by atoms with E-state index in [2.05, 4.69) is 11.4 Å². The Labute approximate surface area is 117 Å². The van der Waals surface area contributed by atoms with Gasteiger partial charge in [0.25, 0.3) is 5.69 Å². The van der Waals surface area contributed by atoms with Crippen LogP contribution in [-0.4, -0.2) is 23.6 Å². The molecule has 1 aliphatic carbocycles. The topological polar surface area (TPSA) is 88.2 Å². The lowest BCUT2D eigenvalue weighted by Crippen LogP contribution is -2.31. The minimum Gasteiger partial charge on any atom is -0.493 e. The average Bonchev–Trinajstić information content (AvgIpc) is 3.23. The molecule has 1 aliphatic rings. The summed E-state index contributed by atoms with van der Waals surface area (Å²) in [6.45, 7) is 2.18. The molecular weight excluding hydrogens is 258 g/mol. The summed E-state index contributed by atoms with van der Waals surface area (Å²) in [6, 6.07) is 7.02. The highest BCUT2D eigenvalue weighted by molar-refractivity contribution is 5.42. The number of aryl methyl sites for hydroxylation is 1. The second-order valence-corrected chi connectivity index (χ2v) is 4.97. The molecule has 6 heteroatoms. The molecule has 0 radical (unpaired) electrons. The minimum atomic E-state index is -0.429. The summed E-state index contributed by atoms with van der Waals surface area (Å²) < 4.78 is 5.59. The van der Waals surface area contributed by atoms with E-state index in [-0.39, 0.29) is 11.7 Å². The molecule has 0 spiro atoms. The van der Waals surface area contributed by atoms with Gasteiger partial charge in [0.2, 0.25) is 0 Å². The standard InChI is InChI=1S/C14H17N3O3/c1-10-8-13(17(18)19)4-5-14(10)20-7-6-12(9-15)16-11-2-3-11/h4-5,8,11-12,16H,2-3,6-7H2,1H3. The maximum Gasteiger partial charge on any atom is 0.269 e. The van der Waals surface area contributed by atoms with Gasteiger partial charge in [-0.15, -0.1) is 0 Å². The highest BCUT2D eigenvalue weighted by Gasteiger charge is 2.24. The lowest BCUT2D eigenvalue weighted by Gasteiger charge is -2.12. The Hall–Kier alpha value is -2.13. The summed E-state index contributed by atoms with van der Waals surface area (Å²) in [6.07, 6.45) is 2.88. The lowest BCUT2D eigenvalue weighted by atomic mass is 10.2. The molecule has 1 aromatic rings. The van der Waals surface area contributed by atoms with Crippen molar-refractivity contribution in [3.63, 3.8) is 0 Å². The van der Waals surface area contributed by atoms with Gasteiger partial charge in [0, 0.05) is 24.6 Å². The maximum atomic E-state index is 10.6. The first-order valence-electron chi connectivity index (χ1n) is 6.63. The second kappa shape index (κ2) is 6.35. The van der Waals surface area contributed by atoms with Crippen LogP contribution >= 0.6 is 0 Å².